The van der Waals surface area contributed by atoms with E-state index in [9.17, 15) is 9.59 Å². The first-order valence-electron chi connectivity index (χ1n) is 21.0. The smallest absolute Gasteiger partial charge is 0.266 e. The van der Waals surface area contributed by atoms with Crippen LogP contribution in [0.25, 0.3) is 65.2 Å². The second-order valence-corrected chi connectivity index (χ2v) is 16.0. The number of rotatable bonds is 10. The number of hydrogen-bond acceptors (Lipinski definition) is 2. The maximum absolute atomic E-state index is 13.9. The van der Waals surface area contributed by atoms with Crippen LogP contribution >= 0.6 is 0 Å². The molecule has 0 bridgehead atoms. The third-order valence-corrected chi connectivity index (χ3v) is 12.1. The highest BCUT2D eigenvalue weighted by Crippen LogP contribution is 2.31. The number of anilines is 2. The van der Waals surface area contributed by atoms with Crippen molar-refractivity contribution in [2.24, 2.45) is 0 Å². The lowest BCUT2D eigenvalue weighted by Crippen LogP contribution is -2.33. The van der Waals surface area contributed by atoms with Gasteiger partial charge in [0.2, 0.25) is 12.7 Å². The van der Waals surface area contributed by atoms with E-state index in [4.69, 9.17) is 0 Å². The second kappa shape index (κ2) is 15.5. The predicted molar refractivity (Wildman–Crippen MR) is 249 cm³/mol. The number of carbonyl (C=O) groups is 2. The quantitative estimate of drug-likeness (QED) is 0.107. The number of hydrogen-bond donors (Lipinski definition) is 2. The van der Waals surface area contributed by atoms with Gasteiger partial charge in [-0.3, -0.25) is 9.59 Å². The van der Waals surface area contributed by atoms with Gasteiger partial charge in [0.25, 0.3) is 11.8 Å². The molecule has 2 N–H and O–H groups in total. The van der Waals surface area contributed by atoms with E-state index in [1.54, 1.807) is 0 Å². The van der Waals surface area contributed by atoms with E-state index in [-0.39, 0.29) is 24.9 Å². The van der Waals surface area contributed by atoms with Gasteiger partial charge in [0.1, 0.15) is 13.1 Å². The number of aromatic nitrogens is 4. The van der Waals surface area contributed by atoms with Gasteiger partial charge >= 0.3 is 0 Å². The van der Waals surface area contributed by atoms with Gasteiger partial charge < -0.3 is 10.6 Å². The van der Waals surface area contributed by atoms with Crippen molar-refractivity contribution in [3.05, 3.63) is 206 Å². The summed E-state index contributed by atoms with van der Waals surface area (Å²) in [5.41, 5.74) is 7.53. The number of nitrogens with zero attached hydrogens (tertiary/aromatic N) is 4. The Kier molecular flexibility index (Phi) is 9.23. The van der Waals surface area contributed by atoms with Crippen LogP contribution in [-0.4, -0.2) is 20.9 Å². The molecule has 2 aromatic heterocycles. The normalized spacial score (nSPS) is 11.6. The lowest BCUT2D eigenvalue weighted by molar-refractivity contribution is -0.662. The number of para-hydroxylation sites is 6. The van der Waals surface area contributed by atoms with E-state index < -0.39 is 0 Å². The van der Waals surface area contributed by atoms with Crippen molar-refractivity contribution in [1.29, 1.82) is 0 Å². The number of carbonyl (C=O) groups excluding carboxylic acids is 2. The van der Waals surface area contributed by atoms with Gasteiger partial charge in [-0.25, -0.2) is 18.3 Å². The highest BCUT2D eigenvalue weighted by atomic mass is 16.2. The Balaban J connectivity index is 0.836. The zero-order valence-corrected chi connectivity index (χ0v) is 33.9. The van der Waals surface area contributed by atoms with Crippen LogP contribution in [0.4, 0.5) is 11.4 Å². The highest BCUT2D eigenvalue weighted by Gasteiger charge is 2.23. The van der Waals surface area contributed by atoms with Crippen molar-refractivity contribution < 1.29 is 18.7 Å². The molecule has 0 saturated carbocycles. The third kappa shape index (κ3) is 6.77. The number of amides is 2. The average molecular weight is 807 g/mol. The van der Waals surface area contributed by atoms with Crippen molar-refractivity contribution in [2.75, 3.05) is 10.6 Å². The topological polar surface area (TPSA) is 75.8 Å². The summed E-state index contributed by atoms with van der Waals surface area (Å²) in [6.07, 6.45) is 4.07. The monoisotopic (exact) mass is 806 g/mol. The summed E-state index contributed by atoms with van der Waals surface area (Å²) in [7, 11) is 0. The van der Waals surface area contributed by atoms with Crippen LogP contribution in [0.3, 0.4) is 0 Å². The van der Waals surface area contributed by atoms with Crippen LogP contribution in [0.15, 0.2) is 195 Å². The Bertz CT molecular complexity index is 3200. The molecule has 0 unspecified atom stereocenters. The van der Waals surface area contributed by atoms with Crippen molar-refractivity contribution >= 4 is 88.3 Å². The largest absolute Gasteiger partial charge is 0.321 e. The maximum atomic E-state index is 13.9. The minimum atomic E-state index is -0.200. The number of imidazole rings is 2. The molecular weight excluding hydrogens is 765 g/mol. The molecule has 8 heteroatoms. The minimum absolute atomic E-state index is 0.0907. The first-order chi connectivity index (χ1) is 30.5. The lowest BCUT2D eigenvalue weighted by atomic mass is 9.96. The highest BCUT2D eigenvalue weighted by molar-refractivity contribution is 6.04. The number of benzene rings is 9. The van der Waals surface area contributed by atoms with E-state index in [1.165, 1.54) is 54.2 Å². The van der Waals surface area contributed by atoms with Gasteiger partial charge in [0.15, 0.2) is 35.2 Å². The van der Waals surface area contributed by atoms with Gasteiger partial charge in [-0.15, -0.1) is 0 Å². The summed E-state index contributed by atoms with van der Waals surface area (Å²) >= 11 is 0. The standard InChI is InChI=1S/C54H40N6O2/c61-53(33-59-35-57(49-25-11-13-27-51(49)59)31-45-41-19-5-1-15-37(41)29-38-16-2-6-20-42(38)45)55-47-23-9-10-24-48(47)56-54(62)34-60-36-58(50-26-12-14-28-52(50)60)32-46-43-21-7-3-17-39(43)30-40-18-4-8-22-44(40)46/h1-30,35-36H,31-34H2/p+2. The zero-order valence-electron chi connectivity index (χ0n) is 33.9. The molecule has 0 atom stereocenters. The van der Waals surface area contributed by atoms with E-state index >= 15 is 0 Å². The molecule has 62 heavy (non-hydrogen) atoms. The van der Waals surface area contributed by atoms with Gasteiger partial charge in [-0.1, -0.05) is 133 Å². The molecular formula is C54H42N6O2+2. The molecule has 0 aliphatic heterocycles. The molecule has 2 amide bonds. The Morgan fingerprint density at radius 1 is 0.403 bits per heavy atom. The molecule has 0 radical (unpaired) electrons. The Labute approximate surface area is 357 Å². The van der Waals surface area contributed by atoms with Crippen LogP contribution in [0.1, 0.15) is 11.1 Å². The summed E-state index contributed by atoms with van der Waals surface area (Å²) < 4.78 is 8.44. The van der Waals surface area contributed by atoms with Gasteiger partial charge in [0, 0.05) is 11.1 Å². The fourth-order valence-corrected chi connectivity index (χ4v) is 9.28. The zero-order chi connectivity index (χ0) is 41.6. The first kappa shape index (κ1) is 36.9. The Morgan fingerprint density at radius 3 is 1.11 bits per heavy atom. The summed E-state index contributed by atoms with van der Waals surface area (Å²) in [6.45, 7) is 1.46. The molecule has 0 saturated heterocycles. The summed E-state index contributed by atoms with van der Waals surface area (Å²) in [5, 5.41) is 15.8. The predicted octanol–water partition coefficient (Wildman–Crippen LogP) is 10.2. The average Bonchev–Trinajstić information content (AvgIpc) is 3.83. The van der Waals surface area contributed by atoms with Crippen LogP contribution in [0.2, 0.25) is 0 Å². The van der Waals surface area contributed by atoms with Crippen molar-refractivity contribution in [3.8, 4) is 0 Å². The fraction of sp³-hybridized carbons (Fsp3) is 0.0741. The van der Waals surface area contributed by atoms with Crippen molar-refractivity contribution in [2.45, 2.75) is 26.2 Å². The molecule has 298 valence electrons. The summed E-state index contributed by atoms with van der Waals surface area (Å²) in [4.78, 5) is 27.7. The molecule has 0 aliphatic rings. The number of nitrogens with one attached hydrogen (secondary N) is 2. The van der Waals surface area contributed by atoms with Gasteiger partial charge in [-0.2, -0.15) is 0 Å². The molecule has 0 aliphatic carbocycles. The van der Waals surface area contributed by atoms with Crippen LogP contribution in [0, 0.1) is 0 Å². The first-order valence-corrected chi connectivity index (χ1v) is 21.0. The van der Waals surface area contributed by atoms with E-state index in [1.807, 2.05) is 82.5 Å². The third-order valence-electron chi connectivity index (χ3n) is 12.1. The van der Waals surface area contributed by atoms with Crippen LogP contribution < -0.4 is 19.8 Å². The molecule has 9 aromatic carbocycles. The molecule has 2 heterocycles. The fourth-order valence-electron chi connectivity index (χ4n) is 9.28. The van der Waals surface area contributed by atoms with E-state index in [2.05, 4.69) is 141 Å². The Hall–Kier alpha value is -8.10. The van der Waals surface area contributed by atoms with Gasteiger partial charge in [0.05, 0.1) is 11.4 Å². The van der Waals surface area contributed by atoms with E-state index in [0.717, 1.165) is 22.1 Å². The summed E-state index contributed by atoms with van der Waals surface area (Å²) in [6, 6.07) is 62.3. The van der Waals surface area contributed by atoms with Gasteiger partial charge in [-0.05, 0) is 91.6 Å². The van der Waals surface area contributed by atoms with Crippen LogP contribution in [0.5, 0.6) is 0 Å². The number of fused-ring (bicyclic) bond motifs is 6. The second-order valence-electron chi connectivity index (χ2n) is 16.0. The molecule has 11 aromatic rings. The molecule has 0 fully saturated rings. The maximum Gasteiger partial charge on any atom is 0.266 e. The SMILES string of the molecule is O=C(Cn1c[n+](Cc2c3ccccc3cc3ccccc23)c2ccccc21)Nc1ccccc1NC(=O)Cn1c[n+](Cc2c3ccccc3cc3ccccc23)c2ccccc21. The molecule has 0 spiro atoms. The van der Waals surface area contributed by atoms with Crippen LogP contribution in [-0.2, 0) is 35.8 Å². The summed E-state index contributed by atoms with van der Waals surface area (Å²) in [5.74, 6) is -0.401. The van der Waals surface area contributed by atoms with Crippen molar-refractivity contribution in [1.82, 2.24) is 9.13 Å². The lowest BCUT2D eigenvalue weighted by Gasteiger charge is -2.11. The minimum Gasteiger partial charge on any atom is -0.321 e. The molecule has 11 rings (SSSR count). The Morgan fingerprint density at radius 2 is 0.726 bits per heavy atom. The molecule has 8 nitrogen and oxygen atoms in total. The van der Waals surface area contributed by atoms with Crippen molar-refractivity contribution in [3.63, 3.8) is 0 Å². The van der Waals surface area contributed by atoms with E-state index in [0.29, 0.717) is 24.5 Å².